The molecule has 3 aromatic rings. The van der Waals surface area contributed by atoms with Gasteiger partial charge in [0.1, 0.15) is 10.7 Å². The van der Waals surface area contributed by atoms with Crippen LogP contribution in [-0.4, -0.2) is 21.4 Å². The lowest BCUT2D eigenvalue weighted by molar-refractivity contribution is 0.102. The van der Waals surface area contributed by atoms with Crippen molar-refractivity contribution in [3.05, 3.63) is 90.2 Å². The molecule has 0 radical (unpaired) electrons. The molecule has 0 bridgehead atoms. The maximum Gasteiger partial charge on any atom is 0.264 e. The van der Waals surface area contributed by atoms with Gasteiger partial charge >= 0.3 is 0 Å². The maximum absolute atomic E-state index is 13.8. The van der Waals surface area contributed by atoms with Gasteiger partial charge in [-0.1, -0.05) is 42.5 Å². The van der Waals surface area contributed by atoms with E-state index in [2.05, 4.69) is 5.32 Å². The van der Waals surface area contributed by atoms with E-state index in [9.17, 15) is 17.6 Å². The molecule has 0 fully saturated rings. The second-order valence-electron chi connectivity index (χ2n) is 5.74. The number of halogens is 1. The van der Waals surface area contributed by atoms with Crippen LogP contribution in [0.3, 0.4) is 0 Å². The molecule has 0 aliphatic heterocycles. The lowest BCUT2D eigenvalue weighted by Crippen LogP contribution is -2.29. The molecule has 0 unspecified atom stereocenters. The van der Waals surface area contributed by atoms with Crippen molar-refractivity contribution < 1.29 is 17.6 Å². The highest BCUT2D eigenvalue weighted by molar-refractivity contribution is 7.92. The molecule has 0 aromatic heterocycles. The van der Waals surface area contributed by atoms with Crippen LogP contribution in [0.2, 0.25) is 0 Å². The van der Waals surface area contributed by atoms with E-state index in [1.807, 2.05) is 0 Å². The van der Waals surface area contributed by atoms with E-state index in [-0.39, 0.29) is 16.1 Å². The summed E-state index contributed by atoms with van der Waals surface area (Å²) in [5.41, 5.74) is 0.372. The number of nitrogens with one attached hydrogen (secondary N) is 1. The molecule has 3 aromatic carbocycles. The van der Waals surface area contributed by atoms with Crippen LogP contribution in [0.1, 0.15) is 10.4 Å². The lowest BCUT2D eigenvalue weighted by Gasteiger charge is -2.21. The molecule has 0 saturated carbocycles. The second-order valence-corrected chi connectivity index (χ2v) is 7.68. The molecule has 0 atom stereocenters. The van der Waals surface area contributed by atoms with Gasteiger partial charge in [0, 0.05) is 7.05 Å². The summed E-state index contributed by atoms with van der Waals surface area (Å²) in [6, 6.07) is 20.0. The molecule has 0 saturated heterocycles. The number of carbonyl (C=O) groups excluding carboxylic acids is 1. The Balaban J connectivity index is 1.98. The Bertz CT molecular complexity index is 1070. The third kappa shape index (κ3) is 3.83. The third-order valence-corrected chi connectivity index (χ3v) is 5.86. The van der Waals surface area contributed by atoms with Crippen LogP contribution >= 0.6 is 0 Å². The van der Waals surface area contributed by atoms with Gasteiger partial charge in [-0.2, -0.15) is 0 Å². The molecule has 0 aliphatic rings. The highest BCUT2D eigenvalue weighted by Crippen LogP contribution is 2.25. The molecule has 1 amide bonds. The first-order chi connectivity index (χ1) is 12.9. The summed E-state index contributed by atoms with van der Waals surface area (Å²) >= 11 is 0. The van der Waals surface area contributed by atoms with Gasteiger partial charge in [0.25, 0.3) is 15.9 Å². The largest absolute Gasteiger partial charge is 0.319 e. The summed E-state index contributed by atoms with van der Waals surface area (Å²) in [6.45, 7) is 0. The quantitative estimate of drug-likeness (QED) is 0.725. The third-order valence-electron chi connectivity index (χ3n) is 4.01. The number of hydrogen-bond donors (Lipinski definition) is 1. The van der Waals surface area contributed by atoms with Crippen LogP contribution < -0.4 is 9.62 Å². The van der Waals surface area contributed by atoms with Gasteiger partial charge in [0.2, 0.25) is 0 Å². The fourth-order valence-electron chi connectivity index (χ4n) is 2.56. The fourth-order valence-corrected chi connectivity index (χ4v) is 3.94. The molecule has 5 nitrogen and oxygen atoms in total. The van der Waals surface area contributed by atoms with Gasteiger partial charge in [-0.3, -0.25) is 9.10 Å². The van der Waals surface area contributed by atoms with Gasteiger partial charge in [-0.15, -0.1) is 0 Å². The summed E-state index contributed by atoms with van der Waals surface area (Å²) < 4.78 is 41.0. The molecule has 7 heteroatoms. The average Bonchev–Trinajstić information content (AvgIpc) is 2.69. The molecule has 0 aliphatic carbocycles. The highest BCUT2D eigenvalue weighted by atomic mass is 32.2. The van der Waals surface area contributed by atoms with E-state index in [1.54, 1.807) is 42.5 Å². The maximum atomic E-state index is 13.8. The first kappa shape index (κ1) is 18.6. The Labute approximate surface area is 157 Å². The minimum absolute atomic E-state index is 0.0221. The van der Waals surface area contributed by atoms with Crippen LogP contribution in [-0.2, 0) is 10.0 Å². The molecule has 0 spiro atoms. The molecular formula is C20H17FN2O3S. The molecule has 3 rings (SSSR count). The summed E-state index contributed by atoms with van der Waals surface area (Å²) in [5, 5.41) is 2.42. The van der Waals surface area contributed by atoms with Crippen LogP contribution in [0.4, 0.5) is 15.8 Å². The van der Waals surface area contributed by atoms with E-state index in [0.717, 1.165) is 4.31 Å². The first-order valence-corrected chi connectivity index (χ1v) is 9.54. The van der Waals surface area contributed by atoms with Crippen molar-refractivity contribution in [3.63, 3.8) is 0 Å². The summed E-state index contributed by atoms with van der Waals surface area (Å²) in [4.78, 5) is 12.5. The van der Waals surface area contributed by atoms with E-state index in [1.165, 1.54) is 43.4 Å². The van der Waals surface area contributed by atoms with Crippen LogP contribution in [0.15, 0.2) is 83.8 Å². The molecule has 27 heavy (non-hydrogen) atoms. The van der Waals surface area contributed by atoms with Crippen molar-refractivity contribution in [2.75, 3.05) is 16.7 Å². The number of carbonyl (C=O) groups is 1. The van der Waals surface area contributed by atoms with Crippen LogP contribution in [0, 0.1) is 5.82 Å². The number of anilines is 2. The Kier molecular flexibility index (Phi) is 5.23. The minimum Gasteiger partial charge on any atom is -0.319 e. The molecule has 0 heterocycles. The zero-order chi connectivity index (χ0) is 19.4. The van der Waals surface area contributed by atoms with Gasteiger partial charge in [0.05, 0.1) is 16.9 Å². The number of hydrogen-bond acceptors (Lipinski definition) is 3. The minimum atomic E-state index is -3.99. The van der Waals surface area contributed by atoms with E-state index in [0.29, 0.717) is 5.69 Å². The molecule has 138 valence electrons. The summed E-state index contributed by atoms with van der Waals surface area (Å²) in [6.07, 6.45) is 0. The molecule has 1 N–H and O–H groups in total. The highest BCUT2D eigenvalue weighted by Gasteiger charge is 2.27. The second kappa shape index (κ2) is 7.59. The number of amides is 1. The fraction of sp³-hybridized carbons (Fsp3) is 0.0500. The number of para-hydroxylation sites is 2. The van der Waals surface area contributed by atoms with Crippen molar-refractivity contribution >= 4 is 27.3 Å². The zero-order valence-corrected chi connectivity index (χ0v) is 15.3. The van der Waals surface area contributed by atoms with E-state index in [4.69, 9.17) is 0 Å². The topological polar surface area (TPSA) is 66.5 Å². The van der Waals surface area contributed by atoms with Crippen molar-refractivity contribution in [1.29, 1.82) is 0 Å². The first-order valence-electron chi connectivity index (χ1n) is 8.10. The van der Waals surface area contributed by atoms with Gasteiger partial charge in [-0.25, -0.2) is 12.8 Å². The predicted molar refractivity (Wildman–Crippen MR) is 103 cm³/mol. The number of rotatable bonds is 5. The van der Waals surface area contributed by atoms with Gasteiger partial charge in [-0.05, 0) is 36.4 Å². The van der Waals surface area contributed by atoms with Crippen molar-refractivity contribution in [1.82, 2.24) is 0 Å². The average molecular weight is 384 g/mol. The van der Waals surface area contributed by atoms with Gasteiger partial charge < -0.3 is 5.32 Å². The van der Waals surface area contributed by atoms with Crippen molar-refractivity contribution in [2.24, 2.45) is 0 Å². The molecular weight excluding hydrogens is 367 g/mol. The summed E-state index contributed by atoms with van der Waals surface area (Å²) in [5.74, 6) is -1.31. The normalized spacial score (nSPS) is 11.0. The van der Waals surface area contributed by atoms with Crippen molar-refractivity contribution in [2.45, 2.75) is 4.90 Å². The SMILES string of the molecule is CN(c1ccccc1)S(=O)(=O)c1ccccc1C(=O)Nc1ccccc1F. The lowest BCUT2D eigenvalue weighted by atomic mass is 10.2. The Morgan fingerprint density at radius 2 is 1.48 bits per heavy atom. The smallest absolute Gasteiger partial charge is 0.264 e. The predicted octanol–water partition coefficient (Wildman–Crippen LogP) is 3.90. The number of benzene rings is 3. The Morgan fingerprint density at radius 3 is 2.19 bits per heavy atom. The summed E-state index contributed by atoms with van der Waals surface area (Å²) in [7, 11) is -2.58. The van der Waals surface area contributed by atoms with Crippen molar-refractivity contribution in [3.8, 4) is 0 Å². The van der Waals surface area contributed by atoms with Gasteiger partial charge in [0.15, 0.2) is 0 Å². The van der Waals surface area contributed by atoms with E-state index < -0.39 is 21.7 Å². The monoisotopic (exact) mass is 384 g/mol. The Hall–Kier alpha value is -3.19. The van der Waals surface area contributed by atoms with E-state index >= 15 is 0 Å². The van der Waals surface area contributed by atoms with Crippen LogP contribution in [0.25, 0.3) is 0 Å². The Morgan fingerprint density at radius 1 is 0.889 bits per heavy atom. The van der Waals surface area contributed by atoms with Crippen LogP contribution in [0.5, 0.6) is 0 Å². The number of sulfonamides is 1. The zero-order valence-electron chi connectivity index (χ0n) is 14.5. The standard InChI is InChI=1S/C20H17FN2O3S/c1-23(15-9-3-2-4-10-15)27(25,26)19-14-8-5-11-16(19)20(24)22-18-13-7-6-12-17(18)21/h2-14H,1H3,(H,22,24). The number of nitrogens with zero attached hydrogens (tertiary/aromatic N) is 1.